The van der Waals surface area contributed by atoms with Gasteiger partial charge in [-0.1, -0.05) is 24.3 Å². The first-order valence-electron chi connectivity index (χ1n) is 6.31. The van der Waals surface area contributed by atoms with Gasteiger partial charge in [0.2, 0.25) is 0 Å². The molecule has 0 unspecified atom stereocenters. The maximum absolute atomic E-state index is 12.3. The molecule has 2 atom stereocenters. The number of rotatable bonds is 3. The van der Waals surface area contributed by atoms with E-state index in [4.69, 9.17) is 5.73 Å². The summed E-state index contributed by atoms with van der Waals surface area (Å²) in [7, 11) is -1.91. The highest BCUT2D eigenvalue weighted by Crippen LogP contribution is 2.30. The average Bonchev–Trinajstić information content (AvgIpc) is 2.96. The first-order chi connectivity index (χ1) is 9.47. The summed E-state index contributed by atoms with van der Waals surface area (Å²) >= 11 is 0. The van der Waals surface area contributed by atoms with Gasteiger partial charge in [-0.2, -0.15) is 0 Å². The molecule has 2 aromatic rings. The fourth-order valence-corrected chi connectivity index (χ4v) is 3.77. The molecule has 0 saturated carbocycles. The molecule has 20 heavy (non-hydrogen) atoms. The summed E-state index contributed by atoms with van der Waals surface area (Å²) in [6.45, 7) is 0. The normalized spacial score (nSPS) is 21.9. The van der Waals surface area contributed by atoms with Crippen LogP contribution in [0.1, 0.15) is 17.2 Å². The Morgan fingerprint density at radius 3 is 2.80 bits per heavy atom. The molecule has 7 heteroatoms. The number of benzene rings is 1. The van der Waals surface area contributed by atoms with Crippen LogP contribution in [0.3, 0.4) is 0 Å². The summed E-state index contributed by atoms with van der Waals surface area (Å²) in [6.07, 6.45) is 3.53. The van der Waals surface area contributed by atoms with E-state index in [0.29, 0.717) is 6.42 Å². The molecule has 1 heterocycles. The van der Waals surface area contributed by atoms with Crippen molar-refractivity contribution in [3.05, 3.63) is 47.9 Å². The summed E-state index contributed by atoms with van der Waals surface area (Å²) in [5, 5.41) is 0.0168. The fraction of sp³-hybridized carbons (Fsp3) is 0.308. The van der Waals surface area contributed by atoms with E-state index in [1.807, 2.05) is 24.3 Å². The Morgan fingerprint density at radius 2 is 2.15 bits per heavy atom. The molecule has 3 N–H and O–H groups in total. The maximum atomic E-state index is 12.3. The van der Waals surface area contributed by atoms with Crippen LogP contribution in [0.15, 0.2) is 41.8 Å². The molecule has 106 valence electrons. The third kappa shape index (κ3) is 2.24. The Hall–Kier alpha value is -1.70. The lowest BCUT2D eigenvalue weighted by molar-refractivity contribution is 0.513. The third-order valence-corrected chi connectivity index (χ3v) is 4.93. The predicted octanol–water partition coefficient (Wildman–Crippen LogP) is 0.323. The van der Waals surface area contributed by atoms with Gasteiger partial charge in [0.1, 0.15) is 0 Å². The first kappa shape index (κ1) is 13.3. The first-order valence-corrected chi connectivity index (χ1v) is 7.79. The molecule has 0 amide bonds. The Balaban J connectivity index is 1.83. The molecule has 1 aromatic carbocycles. The number of nitrogens with two attached hydrogens (primary N) is 1. The van der Waals surface area contributed by atoms with Crippen LogP contribution >= 0.6 is 0 Å². The second kappa shape index (κ2) is 4.69. The molecule has 1 aromatic heterocycles. The van der Waals surface area contributed by atoms with Crippen LogP contribution in [0.4, 0.5) is 0 Å². The van der Waals surface area contributed by atoms with E-state index in [2.05, 4.69) is 9.71 Å². The number of hydrogen-bond donors (Lipinski definition) is 2. The van der Waals surface area contributed by atoms with Crippen LogP contribution in [0, 0.1) is 0 Å². The molecule has 1 aliphatic carbocycles. The molecule has 0 saturated heterocycles. The molecule has 0 fully saturated rings. The summed E-state index contributed by atoms with van der Waals surface area (Å²) in [5.41, 5.74) is 8.22. The van der Waals surface area contributed by atoms with Crippen molar-refractivity contribution in [2.75, 3.05) is 0 Å². The SMILES string of the molecule is Cn1cnc(S(=O)(=O)N[C@@H]2Cc3ccccc3[C@H]2N)c1. The number of fused-ring (bicyclic) bond motifs is 1. The highest BCUT2D eigenvalue weighted by molar-refractivity contribution is 7.89. The third-order valence-electron chi connectivity index (χ3n) is 3.55. The van der Waals surface area contributed by atoms with E-state index in [1.54, 1.807) is 11.6 Å². The van der Waals surface area contributed by atoms with Crippen LogP contribution in [-0.2, 0) is 23.5 Å². The number of aryl methyl sites for hydroxylation is 1. The fourth-order valence-electron chi connectivity index (χ4n) is 2.53. The van der Waals surface area contributed by atoms with Crippen molar-refractivity contribution in [1.82, 2.24) is 14.3 Å². The van der Waals surface area contributed by atoms with Gasteiger partial charge in [0.05, 0.1) is 6.33 Å². The molecule has 0 spiro atoms. The van der Waals surface area contributed by atoms with Crippen LogP contribution in [0.5, 0.6) is 0 Å². The second-order valence-electron chi connectivity index (χ2n) is 5.03. The average molecular weight is 292 g/mol. The van der Waals surface area contributed by atoms with Gasteiger partial charge < -0.3 is 10.3 Å². The van der Waals surface area contributed by atoms with E-state index < -0.39 is 10.0 Å². The minimum Gasteiger partial charge on any atom is -0.339 e. The summed E-state index contributed by atoms with van der Waals surface area (Å²) < 4.78 is 28.8. The van der Waals surface area contributed by atoms with Crippen molar-refractivity contribution in [3.63, 3.8) is 0 Å². The highest BCUT2D eigenvalue weighted by atomic mass is 32.2. The zero-order valence-electron chi connectivity index (χ0n) is 11.0. The Labute approximate surface area is 117 Å². The molecule has 3 rings (SSSR count). The van der Waals surface area contributed by atoms with E-state index in [1.165, 1.54) is 12.5 Å². The summed E-state index contributed by atoms with van der Waals surface area (Å²) in [6, 6.07) is 7.10. The largest absolute Gasteiger partial charge is 0.339 e. The topological polar surface area (TPSA) is 90.0 Å². The molecule has 1 aliphatic rings. The van der Waals surface area contributed by atoms with Gasteiger partial charge in [0.15, 0.2) is 5.03 Å². The van der Waals surface area contributed by atoms with Gasteiger partial charge in [-0.3, -0.25) is 0 Å². The number of sulfonamides is 1. The quantitative estimate of drug-likeness (QED) is 0.852. The van der Waals surface area contributed by atoms with Gasteiger partial charge >= 0.3 is 0 Å². The van der Waals surface area contributed by atoms with E-state index in [0.717, 1.165) is 11.1 Å². The number of imidazole rings is 1. The summed E-state index contributed by atoms with van der Waals surface area (Å²) in [5.74, 6) is 0. The van der Waals surface area contributed by atoms with Crippen molar-refractivity contribution in [2.45, 2.75) is 23.5 Å². The van der Waals surface area contributed by atoms with E-state index in [9.17, 15) is 8.42 Å². The highest BCUT2D eigenvalue weighted by Gasteiger charge is 2.33. The zero-order chi connectivity index (χ0) is 14.3. The summed E-state index contributed by atoms with van der Waals surface area (Å²) in [4.78, 5) is 3.88. The second-order valence-corrected chi connectivity index (χ2v) is 6.69. The standard InChI is InChI=1S/C13H16N4O2S/c1-17-7-12(15-8-17)20(18,19)16-11-6-9-4-2-3-5-10(9)13(11)14/h2-5,7-8,11,13,16H,6,14H2,1H3/t11-,13-/m1/s1. The number of nitrogens with zero attached hydrogens (tertiary/aromatic N) is 2. The van der Waals surface area contributed by atoms with Crippen LogP contribution in [0.25, 0.3) is 0 Å². The van der Waals surface area contributed by atoms with E-state index >= 15 is 0 Å². The smallest absolute Gasteiger partial charge is 0.259 e. The minimum absolute atomic E-state index is 0.0168. The lowest BCUT2D eigenvalue weighted by Crippen LogP contribution is -2.40. The van der Waals surface area contributed by atoms with Crippen LogP contribution in [-0.4, -0.2) is 24.0 Å². The van der Waals surface area contributed by atoms with E-state index in [-0.39, 0.29) is 17.1 Å². The Kier molecular flexibility index (Phi) is 3.12. The van der Waals surface area contributed by atoms with Crippen molar-refractivity contribution in [3.8, 4) is 0 Å². The number of aromatic nitrogens is 2. The Morgan fingerprint density at radius 1 is 1.40 bits per heavy atom. The lowest BCUT2D eigenvalue weighted by Gasteiger charge is -2.17. The monoisotopic (exact) mass is 292 g/mol. The predicted molar refractivity (Wildman–Crippen MR) is 74.4 cm³/mol. The molecular weight excluding hydrogens is 276 g/mol. The van der Waals surface area contributed by atoms with Crippen molar-refractivity contribution in [1.29, 1.82) is 0 Å². The molecule has 0 radical (unpaired) electrons. The van der Waals surface area contributed by atoms with Crippen molar-refractivity contribution in [2.24, 2.45) is 12.8 Å². The molecule has 0 aliphatic heterocycles. The number of nitrogens with one attached hydrogen (secondary N) is 1. The van der Waals surface area contributed by atoms with Crippen molar-refractivity contribution >= 4 is 10.0 Å². The molecular formula is C13H16N4O2S. The zero-order valence-corrected chi connectivity index (χ0v) is 11.8. The van der Waals surface area contributed by atoms with Crippen LogP contribution in [0.2, 0.25) is 0 Å². The minimum atomic E-state index is -3.64. The Bertz CT molecular complexity index is 738. The maximum Gasteiger partial charge on any atom is 0.259 e. The van der Waals surface area contributed by atoms with Gasteiger partial charge in [0.25, 0.3) is 10.0 Å². The van der Waals surface area contributed by atoms with Gasteiger partial charge in [-0.15, -0.1) is 0 Å². The van der Waals surface area contributed by atoms with Crippen molar-refractivity contribution < 1.29 is 8.42 Å². The lowest BCUT2D eigenvalue weighted by atomic mass is 10.1. The molecule has 0 bridgehead atoms. The van der Waals surface area contributed by atoms with Gasteiger partial charge in [-0.25, -0.2) is 18.1 Å². The number of hydrogen-bond acceptors (Lipinski definition) is 4. The van der Waals surface area contributed by atoms with Crippen LogP contribution < -0.4 is 10.5 Å². The molecule has 6 nitrogen and oxygen atoms in total. The van der Waals surface area contributed by atoms with Gasteiger partial charge in [0, 0.05) is 25.3 Å². The van der Waals surface area contributed by atoms with Gasteiger partial charge in [-0.05, 0) is 17.5 Å².